The first kappa shape index (κ1) is 18.2. The smallest absolute Gasteiger partial charge is 0.206 e. The third-order valence-corrected chi connectivity index (χ3v) is 7.16. The van der Waals surface area contributed by atoms with Crippen molar-refractivity contribution >= 4 is 39.1 Å². The molecule has 0 saturated carbocycles. The summed E-state index contributed by atoms with van der Waals surface area (Å²) in [5.74, 6) is 0. The molecule has 5 rings (SSSR count). The summed E-state index contributed by atoms with van der Waals surface area (Å²) in [5, 5.41) is 18.9. The molecular formula is C22H16N4S3. The fraction of sp³-hybridized carbons (Fsp3) is 0.0455. The molecule has 0 unspecified atom stereocenters. The minimum absolute atomic E-state index is 0.698. The maximum atomic E-state index is 4.82. The lowest BCUT2D eigenvalue weighted by Crippen LogP contribution is -1.99. The predicted octanol–water partition coefficient (Wildman–Crippen LogP) is 6.67. The van der Waals surface area contributed by atoms with Gasteiger partial charge in [0.2, 0.25) is 5.13 Å². The van der Waals surface area contributed by atoms with E-state index in [1.54, 1.807) is 34.0 Å². The van der Waals surface area contributed by atoms with Crippen LogP contribution in [0.15, 0.2) is 77.5 Å². The third-order valence-electron chi connectivity index (χ3n) is 4.35. The first-order valence-corrected chi connectivity index (χ1v) is 11.6. The second-order valence-corrected chi connectivity index (χ2v) is 9.13. The van der Waals surface area contributed by atoms with E-state index < -0.39 is 0 Å². The largest absolute Gasteiger partial charge is 0.356 e. The highest BCUT2D eigenvalue weighted by Gasteiger charge is 2.09. The zero-order valence-corrected chi connectivity index (χ0v) is 17.7. The highest BCUT2D eigenvalue weighted by molar-refractivity contribution is 7.22. The number of nitrogens with zero attached hydrogens (tertiary/aromatic N) is 3. The zero-order chi connectivity index (χ0) is 19.5. The van der Waals surface area contributed by atoms with Crippen molar-refractivity contribution in [3.05, 3.63) is 83.1 Å². The Bertz CT molecular complexity index is 1210. The first-order valence-electron chi connectivity index (χ1n) is 9.07. The van der Waals surface area contributed by atoms with Crippen molar-refractivity contribution in [2.45, 2.75) is 6.54 Å². The summed E-state index contributed by atoms with van der Waals surface area (Å²) in [6.07, 6.45) is 0. The molecule has 5 aromatic rings. The molecule has 142 valence electrons. The van der Waals surface area contributed by atoms with Crippen molar-refractivity contribution in [3.8, 4) is 31.7 Å². The minimum atomic E-state index is 0.698. The lowest BCUT2D eigenvalue weighted by Gasteiger charge is -2.04. The number of benzene rings is 2. The quantitative estimate of drug-likeness (QED) is 0.325. The van der Waals surface area contributed by atoms with Crippen molar-refractivity contribution in [1.82, 2.24) is 15.2 Å². The third kappa shape index (κ3) is 4.12. The Labute approximate surface area is 180 Å². The van der Waals surface area contributed by atoms with Gasteiger partial charge in [0.05, 0.1) is 10.6 Å². The molecule has 2 aromatic carbocycles. The van der Waals surface area contributed by atoms with Gasteiger partial charge in [-0.3, -0.25) is 0 Å². The topological polar surface area (TPSA) is 50.7 Å². The average molecular weight is 433 g/mol. The lowest BCUT2D eigenvalue weighted by molar-refractivity contribution is 1.05. The van der Waals surface area contributed by atoms with Crippen LogP contribution >= 0.6 is 34.0 Å². The van der Waals surface area contributed by atoms with Crippen LogP contribution in [0.2, 0.25) is 0 Å². The van der Waals surface area contributed by atoms with Crippen LogP contribution in [0.4, 0.5) is 5.13 Å². The number of thiophene rings is 1. The number of hydrogen-bond acceptors (Lipinski definition) is 7. The zero-order valence-electron chi connectivity index (χ0n) is 15.3. The van der Waals surface area contributed by atoms with Gasteiger partial charge in [0.1, 0.15) is 5.01 Å². The van der Waals surface area contributed by atoms with Crippen LogP contribution in [0.1, 0.15) is 5.56 Å². The normalized spacial score (nSPS) is 10.9. The molecule has 0 amide bonds. The number of anilines is 1. The molecule has 0 atom stereocenters. The summed E-state index contributed by atoms with van der Waals surface area (Å²) < 4.78 is 0. The van der Waals surface area contributed by atoms with Gasteiger partial charge in [-0.05, 0) is 23.1 Å². The molecular weight excluding hydrogens is 416 g/mol. The maximum Gasteiger partial charge on any atom is 0.206 e. The second kappa shape index (κ2) is 8.24. The SMILES string of the molecule is c1ccc(-c2csc(-c3cccc(CNc4nnc(-c5cccs5)s4)c3)n2)cc1. The van der Waals surface area contributed by atoms with E-state index in [1.165, 1.54) is 5.56 Å². The van der Waals surface area contributed by atoms with Gasteiger partial charge in [-0.25, -0.2) is 4.98 Å². The van der Waals surface area contributed by atoms with Crippen LogP contribution in [-0.4, -0.2) is 15.2 Å². The standard InChI is InChI=1S/C22H16N4S3/c1-2-7-16(8-3-1)18-14-28-20(24-18)17-9-4-6-15(12-17)13-23-22-26-25-21(29-22)19-10-5-11-27-19/h1-12,14H,13H2,(H,23,26). The van der Waals surface area contributed by atoms with Crippen molar-refractivity contribution < 1.29 is 0 Å². The summed E-state index contributed by atoms with van der Waals surface area (Å²) in [6.45, 7) is 0.698. The Hall–Kier alpha value is -2.87. The van der Waals surface area contributed by atoms with E-state index in [1.807, 2.05) is 24.3 Å². The van der Waals surface area contributed by atoms with Crippen molar-refractivity contribution in [2.75, 3.05) is 5.32 Å². The molecule has 0 aliphatic carbocycles. The molecule has 0 spiro atoms. The number of rotatable bonds is 6. The molecule has 0 bridgehead atoms. The van der Waals surface area contributed by atoms with Crippen molar-refractivity contribution in [2.24, 2.45) is 0 Å². The van der Waals surface area contributed by atoms with Crippen LogP contribution in [0.25, 0.3) is 31.7 Å². The monoisotopic (exact) mass is 432 g/mol. The maximum absolute atomic E-state index is 4.82. The molecule has 4 nitrogen and oxygen atoms in total. The molecule has 7 heteroatoms. The van der Waals surface area contributed by atoms with E-state index in [0.29, 0.717) is 6.54 Å². The molecule has 0 fully saturated rings. The second-order valence-electron chi connectivity index (χ2n) is 6.35. The van der Waals surface area contributed by atoms with E-state index in [-0.39, 0.29) is 0 Å². The van der Waals surface area contributed by atoms with Gasteiger partial charge in [-0.15, -0.1) is 32.9 Å². The lowest BCUT2D eigenvalue weighted by atomic mass is 10.1. The van der Waals surface area contributed by atoms with Gasteiger partial charge >= 0.3 is 0 Å². The Morgan fingerprint density at radius 1 is 0.793 bits per heavy atom. The van der Waals surface area contributed by atoms with Gasteiger partial charge in [-0.1, -0.05) is 65.9 Å². The summed E-state index contributed by atoms with van der Waals surface area (Å²) in [5.41, 5.74) is 4.48. The average Bonchev–Trinajstić information content (AvgIpc) is 3.55. The van der Waals surface area contributed by atoms with Gasteiger partial charge in [0.15, 0.2) is 5.01 Å². The summed E-state index contributed by atoms with van der Waals surface area (Å²) in [4.78, 5) is 5.97. The van der Waals surface area contributed by atoms with Crippen LogP contribution < -0.4 is 5.32 Å². The molecule has 1 N–H and O–H groups in total. The van der Waals surface area contributed by atoms with Crippen molar-refractivity contribution in [3.63, 3.8) is 0 Å². The van der Waals surface area contributed by atoms with E-state index >= 15 is 0 Å². The fourth-order valence-electron chi connectivity index (χ4n) is 2.93. The highest BCUT2D eigenvalue weighted by atomic mass is 32.1. The summed E-state index contributed by atoms with van der Waals surface area (Å²) in [6, 6.07) is 22.9. The van der Waals surface area contributed by atoms with Crippen LogP contribution in [0.5, 0.6) is 0 Å². The first-order chi connectivity index (χ1) is 14.3. The Balaban J connectivity index is 1.30. The minimum Gasteiger partial charge on any atom is -0.356 e. The summed E-state index contributed by atoms with van der Waals surface area (Å²) in [7, 11) is 0. The van der Waals surface area contributed by atoms with Crippen LogP contribution in [-0.2, 0) is 6.54 Å². The Morgan fingerprint density at radius 3 is 2.55 bits per heavy atom. The molecule has 3 heterocycles. The molecule has 0 aliphatic heterocycles. The highest BCUT2D eigenvalue weighted by Crippen LogP contribution is 2.31. The van der Waals surface area contributed by atoms with Crippen molar-refractivity contribution in [1.29, 1.82) is 0 Å². The molecule has 0 aliphatic rings. The summed E-state index contributed by atoms with van der Waals surface area (Å²) >= 11 is 4.93. The predicted molar refractivity (Wildman–Crippen MR) is 124 cm³/mol. The van der Waals surface area contributed by atoms with Crippen LogP contribution in [0.3, 0.4) is 0 Å². The number of nitrogens with one attached hydrogen (secondary N) is 1. The number of hydrogen-bond donors (Lipinski definition) is 1. The van der Waals surface area contributed by atoms with E-state index in [9.17, 15) is 0 Å². The van der Waals surface area contributed by atoms with Gasteiger partial charge < -0.3 is 5.32 Å². The van der Waals surface area contributed by atoms with E-state index in [2.05, 4.69) is 68.7 Å². The van der Waals surface area contributed by atoms with Gasteiger partial charge in [0.25, 0.3) is 0 Å². The van der Waals surface area contributed by atoms with E-state index in [0.717, 1.165) is 36.8 Å². The molecule has 0 radical (unpaired) electrons. The fourth-order valence-corrected chi connectivity index (χ4v) is 5.29. The molecule has 29 heavy (non-hydrogen) atoms. The van der Waals surface area contributed by atoms with E-state index in [4.69, 9.17) is 4.98 Å². The van der Waals surface area contributed by atoms with Crippen LogP contribution in [0, 0.1) is 0 Å². The Morgan fingerprint density at radius 2 is 1.69 bits per heavy atom. The Kier molecular flexibility index (Phi) is 5.17. The molecule has 0 saturated heterocycles. The van der Waals surface area contributed by atoms with Gasteiger partial charge in [0, 0.05) is 23.1 Å². The number of aromatic nitrogens is 3. The van der Waals surface area contributed by atoms with Gasteiger partial charge in [-0.2, -0.15) is 0 Å². The molecule has 3 aromatic heterocycles. The number of thiazole rings is 1.